The van der Waals surface area contributed by atoms with Crippen molar-refractivity contribution in [3.05, 3.63) is 22.8 Å². The van der Waals surface area contributed by atoms with Crippen LogP contribution in [0.4, 0.5) is 0 Å². The third-order valence-corrected chi connectivity index (χ3v) is 3.14. The van der Waals surface area contributed by atoms with Crippen molar-refractivity contribution < 1.29 is 9.90 Å². The van der Waals surface area contributed by atoms with Gasteiger partial charge in [0.2, 0.25) is 0 Å². The highest BCUT2D eigenvalue weighted by atomic mass is 16.4. The number of aliphatic carboxylic acids is 1. The van der Waals surface area contributed by atoms with Gasteiger partial charge < -0.3 is 5.11 Å². The maximum absolute atomic E-state index is 10.9. The summed E-state index contributed by atoms with van der Waals surface area (Å²) in [4.78, 5) is 20.0. The summed E-state index contributed by atoms with van der Waals surface area (Å²) in [5, 5.41) is 8.94. The van der Waals surface area contributed by atoms with Gasteiger partial charge >= 0.3 is 5.97 Å². The van der Waals surface area contributed by atoms with E-state index in [0.717, 1.165) is 35.6 Å². The standard InChI is InChI=1S/C13H18N2O2/c1-3-10-9(7-12(16)17)11(4-2)15-13(14-10)8-5-6-8/h8H,3-7H2,1-2H3,(H,16,17). The van der Waals surface area contributed by atoms with Gasteiger partial charge in [0.1, 0.15) is 5.82 Å². The summed E-state index contributed by atoms with van der Waals surface area (Å²) in [5.74, 6) is 0.634. The number of nitrogens with zero attached hydrogens (tertiary/aromatic N) is 2. The van der Waals surface area contributed by atoms with Gasteiger partial charge in [-0.1, -0.05) is 13.8 Å². The van der Waals surface area contributed by atoms with E-state index in [1.165, 1.54) is 12.8 Å². The summed E-state index contributed by atoms with van der Waals surface area (Å²) in [6.45, 7) is 4.04. The number of aromatic nitrogens is 2. The number of carbonyl (C=O) groups is 1. The normalized spacial score (nSPS) is 14.9. The Labute approximate surface area is 101 Å². The van der Waals surface area contributed by atoms with Gasteiger partial charge in [0, 0.05) is 22.9 Å². The molecule has 1 aromatic rings. The largest absolute Gasteiger partial charge is 0.481 e. The summed E-state index contributed by atoms with van der Waals surface area (Å²) < 4.78 is 0. The number of rotatable bonds is 5. The van der Waals surface area contributed by atoms with Gasteiger partial charge in [0.15, 0.2) is 0 Å². The minimum absolute atomic E-state index is 0.0390. The van der Waals surface area contributed by atoms with Gasteiger partial charge in [-0.2, -0.15) is 0 Å². The molecule has 2 rings (SSSR count). The third-order valence-electron chi connectivity index (χ3n) is 3.14. The Morgan fingerprint density at radius 1 is 1.24 bits per heavy atom. The molecule has 4 heteroatoms. The van der Waals surface area contributed by atoms with E-state index in [1.807, 2.05) is 13.8 Å². The first-order chi connectivity index (χ1) is 8.15. The lowest BCUT2D eigenvalue weighted by molar-refractivity contribution is -0.136. The van der Waals surface area contributed by atoms with Crippen LogP contribution in [0.3, 0.4) is 0 Å². The van der Waals surface area contributed by atoms with Crippen LogP contribution in [0.5, 0.6) is 0 Å². The van der Waals surface area contributed by atoms with Gasteiger partial charge in [0.05, 0.1) is 6.42 Å². The summed E-state index contributed by atoms with van der Waals surface area (Å²) in [5.41, 5.74) is 2.66. The molecule has 0 saturated heterocycles. The quantitative estimate of drug-likeness (QED) is 0.847. The fraction of sp³-hybridized carbons (Fsp3) is 0.615. The minimum Gasteiger partial charge on any atom is -0.481 e. The molecule has 1 aromatic heterocycles. The zero-order valence-corrected chi connectivity index (χ0v) is 10.4. The van der Waals surface area contributed by atoms with Crippen LogP contribution in [0.25, 0.3) is 0 Å². The number of hydrogen-bond acceptors (Lipinski definition) is 3. The molecule has 0 atom stereocenters. The molecule has 0 bridgehead atoms. The van der Waals surface area contributed by atoms with E-state index in [1.54, 1.807) is 0 Å². The fourth-order valence-electron chi connectivity index (χ4n) is 2.07. The molecular weight excluding hydrogens is 216 g/mol. The van der Waals surface area contributed by atoms with Crippen molar-refractivity contribution >= 4 is 5.97 Å². The highest BCUT2D eigenvalue weighted by Gasteiger charge is 2.28. The predicted octanol–water partition coefficient (Wildman–Crippen LogP) is 2.11. The molecule has 1 heterocycles. The number of hydrogen-bond donors (Lipinski definition) is 1. The molecule has 1 aliphatic rings. The number of aryl methyl sites for hydroxylation is 2. The minimum atomic E-state index is -0.808. The monoisotopic (exact) mass is 234 g/mol. The molecule has 1 aliphatic carbocycles. The van der Waals surface area contributed by atoms with Crippen LogP contribution in [0.1, 0.15) is 55.4 Å². The van der Waals surface area contributed by atoms with E-state index in [4.69, 9.17) is 5.11 Å². The predicted molar refractivity (Wildman–Crippen MR) is 64.1 cm³/mol. The molecule has 0 radical (unpaired) electrons. The Balaban J connectivity index is 2.43. The second-order valence-corrected chi connectivity index (χ2v) is 4.51. The van der Waals surface area contributed by atoms with E-state index >= 15 is 0 Å². The fourth-order valence-corrected chi connectivity index (χ4v) is 2.07. The van der Waals surface area contributed by atoms with Crippen molar-refractivity contribution in [3.63, 3.8) is 0 Å². The molecule has 0 aromatic carbocycles. The number of carboxylic acids is 1. The van der Waals surface area contributed by atoms with Gasteiger partial charge in [-0.3, -0.25) is 4.79 Å². The lowest BCUT2D eigenvalue weighted by Gasteiger charge is -2.12. The maximum atomic E-state index is 10.9. The lowest BCUT2D eigenvalue weighted by Crippen LogP contribution is -2.12. The Morgan fingerprint density at radius 2 is 1.76 bits per heavy atom. The molecule has 0 unspecified atom stereocenters. The first-order valence-corrected chi connectivity index (χ1v) is 6.26. The molecule has 92 valence electrons. The third kappa shape index (κ3) is 2.62. The van der Waals surface area contributed by atoms with Crippen LogP contribution in [0.2, 0.25) is 0 Å². The van der Waals surface area contributed by atoms with Gasteiger partial charge in [-0.25, -0.2) is 9.97 Å². The molecule has 1 fully saturated rings. The van der Waals surface area contributed by atoms with E-state index in [9.17, 15) is 4.79 Å². The van der Waals surface area contributed by atoms with Crippen molar-refractivity contribution in [3.8, 4) is 0 Å². The second-order valence-electron chi connectivity index (χ2n) is 4.51. The lowest BCUT2D eigenvalue weighted by atomic mass is 10.0. The summed E-state index contributed by atoms with van der Waals surface area (Å²) >= 11 is 0. The molecule has 0 amide bonds. The van der Waals surface area contributed by atoms with Crippen molar-refractivity contribution in [1.82, 2.24) is 9.97 Å². The molecule has 1 N–H and O–H groups in total. The van der Waals surface area contributed by atoms with E-state index in [-0.39, 0.29) is 6.42 Å². The Kier molecular flexibility index (Phi) is 3.41. The molecule has 17 heavy (non-hydrogen) atoms. The Hall–Kier alpha value is -1.45. The van der Waals surface area contributed by atoms with Gasteiger partial charge in [0.25, 0.3) is 0 Å². The first kappa shape index (κ1) is 12.0. The van der Waals surface area contributed by atoms with E-state index in [0.29, 0.717) is 5.92 Å². The average molecular weight is 234 g/mol. The molecule has 1 saturated carbocycles. The Bertz CT molecular complexity index is 414. The zero-order valence-electron chi connectivity index (χ0n) is 10.4. The van der Waals surface area contributed by atoms with Crippen LogP contribution in [0.15, 0.2) is 0 Å². The van der Waals surface area contributed by atoms with E-state index < -0.39 is 5.97 Å². The second kappa shape index (κ2) is 4.82. The van der Waals surface area contributed by atoms with Crippen molar-refractivity contribution in [2.45, 2.75) is 51.9 Å². The summed E-state index contributed by atoms with van der Waals surface area (Å²) in [6, 6.07) is 0. The van der Waals surface area contributed by atoms with Crippen LogP contribution in [-0.4, -0.2) is 21.0 Å². The SMILES string of the molecule is CCc1nc(C2CC2)nc(CC)c1CC(=O)O. The molecule has 4 nitrogen and oxygen atoms in total. The van der Waals surface area contributed by atoms with Crippen molar-refractivity contribution in [1.29, 1.82) is 0 Å². The average Bonchev–Trinajstić information content (AvgIpc) is 3.12. The van der Waals surface area contributed by atoms with Crippen LogP contribution in [-0.2, 0) is 24.1 Å². The van der Waals surface area contributed by atoms with Crippen LogP contribution >= 0.6 is 0 Å². The Morgan fingerprint density at radius 3 is 2.12 bits per heavy atom. The van der Waals surface area contributed by atoms with Crippen LogP contribution < -0.4 is 0 Å². The summed E-state index contributed by atoms with van der Waals surface area (Å²) in [7, 11) is 0. The van der Waals surface area contributed by atoms with Crippen molar-refractivity contribution in [2.75, 3.05) is 0 Å². The maximum Gasteiger partial charge on any atom is 0.307 e. The molecular formula is C13H18N2O2. The van der Waals surface area contributed by atoms with Gasteiger partial charge in [-0.15, -0.1) is 0 Å². The smallest absolute Gasteiger partial charge is 0.307 e. The zero-order chi connectivity index (χ0) is 12.4. The van der Waals surface area contributed by atoms with Crippen molar-refractivity contribution in [2.24, 2.45) is 0 Å². The molecule has 0 aliphatic heterocycles. The highest BCUT2D eigenvalue weighted by Crippen LogP contribution is 2.38. The van der Waals surface area contributed by atoms with E-state index in [2.05, 4.69) is 9.97 Å². The number of carboxylic acid groups (broad SMARTS) is 1. The molecule has 0 spiro atoms. The topological polar surface area (TPSA) is 63.1 Å². The van der Waals surface area contributed by atoms with Gasteiger partial charge in [-0.05, 0) is 25.7 Å². The van der Waals surface area contributed by atoms with Crippen LogP contribution in [0, 0.1) is 0 Å². The first-order valence-electron chi connectivity index (χ1n) is 6.26. The highest BCUT2D eigenvalue weighted by molar-refractivity contribution is 5.71. The summed E-state index contributed by atoms with van der Waals surface area (Å²) in [6.07, 6.45) is 3.93.